The SMILES string of the molecule is CC(=NO)C(C)=NNS(=O)(=O)c1ccc(C)cc1. The van der Waals surface area contributed by atoms with Crippen LogP contribution in [0.1, 0.15) is 19.4 Å². The van der Waals surface area contributed by atoms with E-state index in [2.05, 4.69) is 15.1 Å². The molecule has 0 fully saturated rings. The number of hydrogen-bond donors (Lipinski definition) is 2. The number of sulfonamides is 1. The minimum Gasteiger partial charge on any atom is -0.411 e. The van der Waals surface area contributed by atoms with Gasteiger partial charge in [-0.2, -0.15) is 18.4 Å². The standard InChI is InChI=1S/C11H15N3O3S/c1-8-4-6-11(7-5-8)18(16,17)14-12-9(2)10(3)13-15/h4-7,14-15H,1-3H3. The molecule has 6 nitrogen and oxygen atoms in total. The summed E-state index contributed by atoms with van der Waals surface area (Å²) in [6, 6.07) is 6.39. The molecule has 0 spiro atoms. The maximum atomic E-state index is 11.8. The molecule has 0 atom stereocenters. The van der Waals surface area contributed by atoms with Gasteiger partial charge in [-0.05, 0) is 32.9 Å². The second kappa shape index (κ2) is 5.63. The highest BCUT2D eigenvalue weighted by Gasteiger charge is 2.12. The Hall–Kier alpha value is -1.89. The van der Waals surface area contributed by atoms with Gasteiger partial charge >= 0.3 is 0 Å². The van der Waals surface area contributed by atoms with Gasteiger partial charge in [0.25, 0.3) is 10.0 Å². The first-order valence-electron chi connectivity index (χ1n) is 5.18. The Morgan fingerprint density at radius 1 is 1.17 bits per heavy atom. The lowest BCUT2D eigenvalue weighted by Crippen LogP contribution is -2.21. The van der Waals surface area contributed by atoms with E-state index in [9.17, 15) is 8.42 Å². The molecule has 1 rings (SSSR count). The van der Waals surface area contributed by atoms with E-state index in [1.807, 2.05) is 6.92 Å². The van der Waals surface area contributed by atoms with E-state index in [0.717, 1.165) is 5.56 Å². The third kappa shape index (κ3) is 3.56. The van der Waals surface area contributed by atoms with E-state index < -0.39 is 10.0 Å². The maximum absolute atomic E-state index is 11.8. The summed E-state index contributed by atoms with van der Waals surface area (Å²) in [5.74, 6) is 0. The van der Waals surface area contributed by atoms with Gasteiger partial charge in [0, 0.05) is 0 Å². The van der Waals surface area contributed by atoms with E-state index in [4.69, 9.17) is 5.21 Å². The van der Waals surface area contributed by atoms with Gasteiger partial charge in [0.05, 0.1) is 16.3 Å². The first-order chi connectivity index (χ1) is 8.36. The van der Waals surface area contributed by atoms with Crippen LogP contribution in [0.3, 0.4) is 0 Å². The van der Waals surface area contributed by atoms with Crippen molar-refractivity contribution in [2.45, 2.75) is 25.7 Å². The third-order valence-electron chi connectivity index (χ3n) is 2.34. The summed E-state index contributed by atoms with van der Waals surface area (Å²) in [4.78, 5) is 2.21. The highest BCUT2D eigenvalue weighted by molar-refractivity contribution is 7.89. The van der Waals surface area contributed by atoms with E-state index in [1.54, 1.807) is 12.1 Å². The molecule has 0 bridgehead atoms. The summed E-state index contributed by atoms with van der Waals surface area (Å²) in [5.41, 5.74) is 1.49. The molecule has 18 heavy (non-hydrogen) atoms. The highest BCUT2D eigenvalue weighted by atomic mass is 32.2. The van der Waals surface area contributed by atoms with E-state index in [0.29, 0.717) is 0 Å². The fraction of sp³-hybridized carbons (Fsp3) is 0.273. The van der Waals surface area contributed by atoms with Crippen LogP contribution in [0.2, 0.25) is 0 Å². The maximum Gasteiger partial charge on any atom is 0.276 e. The predicted octanol–water partition coefficient (Wildman–Crippen LogP) is 1.50. The Morgan fingerprint density at radius 2 is 1.72 bits per heavy atom. The molecule has 0 saturated heterocycles. The third-order valence-corrected chi connectivity index (χ3v) is 3.56. The number of hydrazone groups is 1. The zero-order valence-electron chi connectivity index (χ0n) is 10.4. The molecule has 0 aliphatic heterocycles. The van der Waals surface area contributed by atoms with Crippen LogP contribution in [0, 0.1) is 6.92 Å². The number of hydrogen-bond acceptors (Lipinski definition) is 5. The van der Waals surface area contributed by atoms with Crippen molar-refractivity contribution in [3.63, 3.8) is 0 Å². The van der Waals surface area contributed by atoms with Crippen LogP contribution >= 0.6 is 0 Å². The number of nitrogens with one attached hydrogen (secondary N) is 1. The van der Waals surface area contributed by atoms with Gasteiger partial charge in [-0.1, -0.05) is 22.9 Å². The molecule has 0 saturated carbocycles. The zero-order valence-corrected chi connectivity index (χ0v) is 11.2. The second-order valence-electron chi connectivity index (χ2n) is 3.79. The lowest BCUT2D eigenvalue weighted by Gasteiger charge is -2.04. The molecule has 0 heterocycles. The van der Waals surface area contributed by atoms with E-state index >= 15 is 0 Å². The highest BCUT2D eigenvalue weighted by Crippen LogP contribution is 2.09. The van der Waals surface area contributed by atoms with Gasteiger partial charge in [-0.15, -0.1) is 0 Å². The van der Waals surface area contributed by atoms with Crippen molar-refractivity contribution in [1.29, 1.82) is 0 Å². The van der Waals surface area contributed by atoms with Crippen molar-refractivity contribution in [3.05, 3.63) is 29.8 Å². The molecule has 0 aromatic heterocycles. The largest absolute Gasteiger partial charge is 0.411 e. The minimum absolute atomic E-state index is 0.128. The van der Waals surface area contributed by atoms with Gasteiger partial charge in [0.2, 0.25) is 0 Å². The molecular weight excluding hydrogens is 254 g/mol. The molecule has 98 valence electrons. The zero-order chi connectivity index (χ0) is 13.8. The Morgan fingerprint density at radius 3 is 2.22 bits per heavy atom. The van der Waals surface area contributed by atoms with Gasteiger partial charge in [-0.25, -0.2) is 0 Å². The van der Waals surface area contributed by atoms with Crippen LogP contribution in [-0.4, -0.2) is 25.0 Å². The summed E-state index contributed by atoms with van der Waals surface area (Å²) in [7, 11) is -3.69. The molecule has 0 radical (unpaired) electrons. The fourth-order valence-corrected chi connectivity index (χ4v) is 1.91. The summed E-state index contributed by atoms with van der Waals surface area (Å²) in [5, 5.41) is 15.1. The number of nitrogens with zero attached hydrogens (tertiary/aromatic N) is 2. The monoisotopic (exact) mass is 269 g/mol. The van der Waals surface area contributed by atoms with Crippen LogP contribution in [0.5, 0.6) is 0 Å². The lowest BCUT2D eigenvalue weighted by atomic mass is 10.2. The lowest BCUT2D eigenvalue weighted by molar-refractivity contribution is 0.320. The molecule has 1 aromatic rings. The number of oxime groups is 1. The number of aryl methyl sites for hydroxylation is 1. The average Bonchev–Trinajstić information content (AvgIpc) is 2.35. The second-order valence-corrected chi connectivity index (χ2v) is 5.45. The van der Waals surface area contributed by atoms with Crippen molar-refractivity contribution >= 4 is 21.4 Å². The van der Waals surface area contributed by atoms with Gasteiger partial charge in [0.15, 0.2) is 0 Å². The molecule has 0 aliphatic carbocycles. The normalized spacial score (nSPS) is 13.5. The topological polar surface area (TPSA) is 91.1 Å². The molecule has 0 aliphatic rings. The Kier molecular flexibility index (Phi) is 4.43. The first-order valence-corrected chi connectivity index (χ1v) is 6.67. The number of benzene rings is 1. The number of rotatable bonds is 4. The molecule has 0 amide bonds. The van der Waals surface area contributed by atoms with Crippen LogP contribution in [0.15, 0.2) is 39.4 Å². The average molecular weight is 269 g/mol. The smallest absolute Gasteiger partial charge is 0.276 e. The predicted molar refractivity (Wildman–Crippen MR) is 69.5 cm³/mol. The summed E-state index contributed by atoms with van der Waals surface area (Å²) in [6.07, 6.45) is 0. The van der Waals surface area contributed by atoms with Crippen molar-refractivity contribution in [1.82, 2.24) is 4.83 Å². The van der Waals surface area contributed by atoms with Gasteiger partial charge in [-0.3, -0.25) is 0 Å². The van der Waals surface area contributed by atoms with Crippen molar-refractivity contribution < 1.29 is 13.6 Å². The minimum atomic E-state index is -3.69. The van der Waals surface area contributed by atoms with Crippen molar-refractivity contribution in [2.24, 2.45) is 10.3 Å². The Balaban J connectivity index is 2.93. The van der Waals surface area contributed by atoms with Gasteiger partial charge < -0.3 is 5.21 Å². The molecule has 1 aromatic carbocycles. The molecule has 7 heteroatoms. The summed E-state index contributed by atoms with van der Waals surface area (Å²) >= 11 is 0. The van der Waals surface area contributed by atoms with Crippen LogP contribution in [-0.2, 0) is 10.0 Å². The van der Waals surface area contributed by atoms with E-state index in [1.165, 1.54) is 26.0 Å². The van der Waals surface area contributed by atoms with Crippen LogP contribution < -0.4 is 4.83 Å². The fourth-order valence-electron chi connectivity index (χ4n) is 1.05. The molecular formula is C11H15N3O3S. The van der Waals surface area contributed by atoms with Crippen molar-refractivity contribution in [2.75, 3.05) is 0 Å². The van der Waals surface area contributed by atoms with Crippen LogP contribution in [0.4, 0.5) is 0 Å². The van der Waals surface area contributed by atoms with Crippen molar-refractivity contribution in [3.8, 4) is 0 Å². The quantitative estimate of drug-likeness (QED) is 0.493. The molecule has 0 unspecified atom stereocenters. The van der Waals surface area contributed by atoms with Crippen LogP contribution in [0.25, 0.3) is 0 Å². The Labute approximate surface area is 106 Å². The first kappa shape index (κ1) is 14.2. The van der Waals surface area contributed by atoms with Gasteiger partial charge in [0.1, 0.15) is 0 Å². The Bertz CT molecular complexity index is 574. The van der Waals surface area contributed by atoms with E-state index in [-0.39, 0.29) is 16.3 Å². The molecule has 2 N–H and O–H groups in total. The summed E-state index contributed by atoms with van der Waals surface area (Å²) < 4.78 is 23.7. The summed E-state index contributed by atoms with van der Waals surface area (Å²) in [6.45, 7) is 4.92.